The first-order valence-corrected chi connectivity index (χ1v) is 9.60. The molecule has 2 aromatic rings. The standard InChI is InChI=1S/C20H23ClN4O3/c1-13(18-5-8-22-12-23-18)24-20(27)17-11-15(21)3-4-19(17)28-16-6-9-25(10-7-16)14(2)26/h3-5,8,11-13,16H,6-7,9-10H2,1-2H3,(H,24,27)/t13-/m1/s1. The van der Waals surface area contributed by atoms with E-state index in [4.69, 9.17) is 16.3 Å². The average molecular weight is 403 g/mol. The third kappa shape index (κ3) is 4.98. The lowest BCUT2D eigenvalue weighted by Gasteiger charge is -2.31. The second kappa shape index (κ2) is 9.01. The highest BCUT2D eigenvalue weighted by molar-refractivity contribution is 6.31. The zero-order valence-electron chi connectivity index (χ0n) is 15.9. The Balaban J connectivity index is 1.70. The predicted molar refractivity (Wildman–Crippen MR) is 105 cm³/mol. The molecule has 148 valence electrons. The SMILES string of the molecule is CC(=O)N1CCC(Oc2ccc(Cl)cc2C(=O)N[C@H](C)c2ccncn2)CC1. The van der Waals surface area contributed by atoms with E-state index in [1.165, 1.54) is 6.33 Å². The molecular formula is C20H23ClN4O3. The van der Waals surface area contributed by atoms with Gasteiger partial charge in [-0.05, 0) is 31.2 Å². The maximum Gasteiger partial charge on any atom is 0.255 e. The summed E-state index contributed by atoms with van der Waals surface area (Å²) < 4.78 is 6.09. The van der Waals surface area contributed by atoms with Crippen molar-refractivity contribution < 1.29 is 14.3 Å². The van der Waals surface area contributed by atoms with Crippen LogP contribution in [0.3, 0.4) is 0 Å². The van der Waals surface area contributed by atoms with Crippen molar-refractivity contribution in [2.75, 3.05) is 13.1 Å². The van der Waals surface area contributed by atoms with Crippen molar-refractivity contribution in [2.24, 2.45) is 0 Å². The molecule has 0 aliphatic carbocycles. The predicted octanol–water partition coefficient (Wildman–Crippen LogP) is 3.01. The molecule has 0 saturated carbocycles. The molecule has 3 rings (SSSR count). The molecule has 8 heteroatoms. The topological polar surface area (TPSA) is 84.4 Å². The van der Waals surface area contributed by atoms with Gasteiger partial charge in [0.25, 0.3) is 5.91 Å². The highest BCUT2D eigenvalue weighted by Crippen LogP contribution is 2.27. The number of nitrogens with one attached hydrogen (secondary N) is 1. The Morgan fingerprint density at radius 3 is 2.68 bits per heavy atom. The Kier molecular flexibility index (Phi) is 6.46. The van der Waals surface area contributed by atoms with Crippen molar-refractivity contribution in [2.45, 2.75) is 38.8 Å². The van der Waals surface area contributed by atoms with Crippen molar-refractivity contribution in [3.63, 3.8) is 0 Å². The molecule has 0 bridgehead atoms. The fourth-order valence-electron chi connectivity index (χ4n) is 3.16. The molecule has 7 nitrogen and oxygen atoms in total. The Morgan fingerprint density at radius 1 is 1.29 bits per heavy atom. The van der Waals surface area contributed by atoms with Crippen LogP contribution in [0.15, 0.2) is 36.8 Å². The number of benzene rings is 1. The fraction of sp³-hybridized carbons (Fsp3) is 0.400. The van der Waals surface area contributed by atoms with Crippen LogP contribution in [0.4, 0.5) is 0 Å². The number of hydrogen-bond acceptors (Lipinski definition) is 5. The summed E-state index contributed by atoms with van der Waals surface area (Å²) in [5, 5.41) is 3.38. The van der Waals surface area contributed by atoms with Crippen LogP contribution in [0, 0.1) is 0 Å². The number of carbonyl (C=O) groups excluding carboxylic acids is 2. The van der Waals surface area contributed by atoms with Gasteiger partial charge in [-0.3, -0.25) is 9.59 Å². The molecule has 2 heterocycles. The first-order valence-electron chi connectivity index (χ1n) is 9.22. The highest BCUT2D eigenvalue weighted by atomic mass is 35.5. The molecule has 1 aromatic carbocycles. The second-order valence-corrected chi connectivity index (χ2v) is 7.23. The molecule has 0 unspecified atom stereocenters. The van der Waals surface area contributed by atoms with Crippen molar-refractivity contribution in [3.8, 4) is 5.75 Å². The Hall–Kier alpha value is -2.67. The van der Waals surface area contributed by atoms with E-state index in [9.17, 15) is 9.59 Å². The van der Waals surface area contributed by atoms with Crippen LogP contribution in [0.5, 0.6) is 5.75 Å². The van der Waals surface area contributed by atoms with Crippen LogP contribution >= 0.6 is 11.6 Å². The first kappa shape index (κ1) is 20.1. The summed E-state index contributed by atoms with van der Waals surface area (Å²) in [6.45, 7) is 4.73. The maximum absolute atomic E-state index is 12.8. The van der Waals surface area contributed by atoms with Crippen LogP contribution in [0.2, 0.25) is 5.02 Å². The summed E-state index contributed by atoms with van der Waals surface area (Å²) >= 11 is 6.11. The Morgan fingerprint density at radius 2 is 2.04 bits per heavy atom. The third-order valence-corrected chi connectivity index (χ3v) is 5.00. The molecular weight excluding hydrogens is 380 g/mol. The molecule has 28 heavy (non-hydrogen) atoms. The summed E-state index contributed by atoms with van der Waals surface area (Å²) in [7, 11) is 0. The lowest BCUT2D eigenvalue weighted by molar-refractivity contribution is -0.130. The van der Waals surface area contributed by atoms with Gasteiger partial charge in [-0.2, -0.15) is 0 Å². The number of aromatic nitrogens is 2. The summed E-state index contributed by atoms with van der Waals surface area (Å²) in [5.74, 6) is 0.270. The first-order chi connectivity index (χ1) is 13.4. The molecule has 1 N–H and O–H groups in total. The van der Waals surface area contributed by atoms with Crippen LogP contribution in [0.25, 0.3) is 0 Å². The van der Waals surface area contributed by atoms with E-state index in [-0.39, 0.29) is 24.0 Å². The number of amides is 2. The summed E-state index contributed by atoms with van der Waals surface area (Å²) in [6, 6.07) is 6.48. The van der Waals surface area contributed by atoms with E-state index in [1.807, 2.05) is 6.92 Å². The normalized spacial score (nSPS) is 15.8. The highest BCUT2D eigenvalue weighted by Gasteiger charge is 2.24. The zero-order valence-corrected chi connectivity index (χ0v) is 16.6. The fourth-order valence-corrected chi connectivity index (χ4v) is 3.33. The summed E-state index contributed by atoms with van der Waals surface area (Å²) in [5.41, 5.74) is 1.09. The number of halogens is 1. The van der Waals surface area contributed by atoms with Crippen molar-refractivity contribution >= 4 is 23.4 Å². The van der Waals surface area contributed by atoms with E-state index < -0.39 is 0 Å². The Labute approximate surface area is 169 Å². The molecule has 1 fully saturated rings. The van der Waals surface area contributed by atoms with E-state index >= 15 is 0 Å². The van der Waals surface area contributed by atoms with Crippen molar-refractivity contribution in [3.05, 3.63) is 53.1 Å². The van der Waals surface area contributed by atoms with Crippen LogP contribution in [0.1, 0.15) is 48.8 Å². The largest absolute Gasteiger partial charge is 0.489 e. The molecule has 0 spiro atoms. The lowest BCUT2D eigenvalue weighted by atomic mass is 10.1. The number of piperidine rings is 1. The smallest absolute Gasteiger partial charge is 0.255 e. The maximum atomic E-state index is 12.8. The summed E-state index contributed by atoms with van der Waals surface area (Å²) in [6.07, 6.45) is 4.47. The van der Waals surface area contributed by atoms with Gasteiger partial charge in [-0.25, -0.2) is 9.97 Å². The molecule has 2 amide bonds. The number of hydrogen-bond donors (Lipinski definition) is 1. The molecule has 1 aromatic heterocycles. The summed E-state index contributed by atoms with van der Waals surface area (Å²) in [4.78, 5) is 34.2. The average Bonchev–Trinajstić information content (AvgIpc) is 2.70. The van der Waals surface area contributed by atoms with Gasteiger partial charge >= 0.3 is 0 Å². The van der Waals surface area contributed by atoms with Gasteiger partial charge in [0.1, 0.15) is 18.2 Å². The van der Waals surface area contributed by atoms with Gasteiger partial charge in [0, 0.05) is 44.1 Å². The molecule has 1 aliphatic rings. The van der Waals surface area contributed by atoms with Gasteiger partial charge in [0.2, 0.25) is 5.91 Å². The quantitative estimate of drug-likeness (QED) is 0.831. The third-order valence-electron chi connectivity index (χ3n) is 4.76. The van der Waals surface area contributed by atoms with Crippen LogP contribution in [-0.4, -0.2) is 45.9 Å². The minimum absolute atomic E-state index is 0.0531. The van der Waals surface area contributed by atoms with Gasteiger partial charge in [-0.1, -0.05) is 11.6 Å². The minimum Gasteiger partial charge on any atom is -0.489 e. The van der Waals surface area contributed by atoms with Crippen molar-refractivity contribution in [1.82, 2.24) is 20.2 Å². The van der Waals surface area contributed by atoms with Gasteiger partial charge in [0.15, 0.2) is 0 Å². The van der Waals surface area contributed by atoms with Gasteiger partial charge < -0.3 is 15.0 Å². The Bertz CT molecular complexity index is 839. The number of likely N-dealkylation sites (tertiary alicyclic amines) is 1. The molecule has 0 radical (unpaired) electrons. The van der Waals surface area contributed by atoms with Gasteiger partial charge in [-0.15, -0.1) is 0 Å². The van der Waals surface area contributed by atoms with Crippen LogP contribution < -0.4 is 10.1 Å². The van der Waals surface area contributed by atoms with E-state index in [2.05, 4.69) is 15.3 Å². The second-order valence-electron chi connectivity index (χ2n) is 6.79. The number of nitrogens with zero attached hydrogens (tertiary/aromatic N) is 3. The monoisotopic (exact) mass is 402 g/mol. The zero-order chi connectivity index (χ0) is 20.1. The number of carbonyl (C=O) groups is 2. The number of rotatable bonds is 5. The molecule has 1 atom stereocenters. The number of ether oxygens (including phenoxy) is 1. The van der Waals surface area contributed by atoms with Crippen LogP contribution in [-0.2, 0) is 4.79 Å². The molecule has 1 aliphatic heterocycles. The van der Waals surface area contributed by atoms with E-state index in [0.29, 0.717) is 35.1 Å². The molecule has 1 saturated heterocycles. The van der Waals surface area contributed by atoms with E-state index in [1.54, 1.807) is 42.3 Å². The lowest BCUT2D eigenvalue weighted by Crippen LogP contribution is -2.40. The van der Waals surface area contributed by atoms with Crippen molar-refractivity contribution in [1.29, 1.82) is 0 Å². The minimum atomic E-state index is -0.291. The van der Waals surface area contributed by atoms with E-state index in [0.717, 1.165) is 12.8 Å². The van der Waals surface area contributed by atoms with Gasteiger partial charge in [0.05, 0.1) is 17.3 Å².